The Kier molecular flexibility index (Phi) is 4.65. The van der Waals surface area contributed by atoms with Gasteiger partial charge in [-0.15, -0.1) is 0 Å². The van der Waals surface area contributed by atoms with Crippen LogP contribution in [0.5, 0.6) is 23.1 Å². The Morgan fingerprint density at radius 1 is 1.05 bits per heavy atom. The summed E-state index contributed by atoms with van der Waals surface area (Å²) in [6.45, 7) is -0.125. The van der Waals surface area contributed by atoms with E-state index in [9.17, 15) is 0 Å². The van der Waals surface area contributed by atoms with Crippen LogP contribution in [0.25, 0.3) is 0 Å². The quantitative estimate of drug-likeness (QED) is 0.918. The number of pyridine rings is 1. The first-order valence-corrected chi connectivity index (χ1v) is 6.20. The molecule has 2 rings (SSSR count). The Balaban J connectivity index is 2.29. The molecule has 106 valence electrons. The van der Waals surface area contributed by atoms with E-state index in [1.807, 2.05) is 0 Å². The second kappa shape index (κ2) is 6.45. The summed E-state index contributed by atoms with van der Waals surface area (Å²) in [5.41, 5.74) is 0.616. The number of ether oxygens (including phenoxy) is 3. The minimum atomic E-state index is -0.125. The first-order valence-electron chi connectivity index (χ1n) is 5.82. The van der Waals surface area contributed by atoms with Gasteiger partial charge in [-0.05, 0) is 11.6 Å². The Morgan fingerprint density at radius 3 is 2.15 bits per heavy atom. The average molecular weight is 296 g/mol. The molecule has 1 heterocycles. The van der Waals surface area contributed by atoms with Crippen molar-refractivity contribution in [3.05, 3.63) is 41.0 Å². The van der Waals surface area contributed by atoms with Crippen LogP contribution in [0.2, 0.25) is 5.02 Å². The van der Waals surface area contributed by atoms with Crippen molar-refractivity contribution in [1.82, 2.24) is 4.98 Å². The highest BCUT2D eigenvalue weighted by molar-refractivity contribution is 6.31. The van der Waals surface area contributed by atoms with Gasteiger partial charge in [0.25, 0.3) is 0 Å². The van der Waals surface area contributed by atoms with Gasteiger partial charge >= 0.3 is 0 Å². The molecule has 1 aromatic heterocycles. The van der Waals surface area contributed by atoms with Crippen molar-refractivity contribution in [3.8, 4) is 23.1 Å². The second-order valence-corrected chi connectivity index (χ2v) is 4.35. The molecule has 5 nitrogen and oxygen atoms in total. The van der Waals surface area contributed by atoms with Gasteiger partial charge in [0.05, 0.1) is 20.8 Å². The average Bonchev–Trinajstić information content (AvgIpc) is 2.48. The van der Waals surface area contributed by atoms with Gasteiger partial charge in [0.2, 0.25) is 5.88 Å². The van der Waals surface area contributed by atoms with Crippen LogP contribution in [-0.4, -0.2) is 24.3 Å². The van der Waals surface area contributed by atoms with Gasteiger partial charge in [-0.3, -0.25) is 0 Å². The summed E-state index contributed by atoms with van der Waals surface area (Å²) in [6.07, 6.45) is 1.50. The number of aliphatic hydroxyl groups is 1. The molecule has 1 aromatic carbocycles. The van der Waals surface area contributed by atoms with E-state index in [1.54, 1.807) is 38.5 Å². The van der Waals surface area contributed by atoms with Gasteiger partial charge < -0.3 is 19.3 Å². The molecule has 0 fully saturated rings. The lowest BCUT2D eigenvalue weighted by Crippen LogP contribution is -1.94. The molecule has 0 saturated heterocycles. The van der Waals surface area contributed by atoms with Crippen molar-refractivity contribution in [2.24, 2.45) is 0 Å². The zero-order valence-corrected chi connectivity index (χ0v) is 11.8. The predicted octanol–water partition coefficient (Wildman–Crippen LogP) is 3.04. The molecule has 0 spiro atoms. The number of rotatable bonds is 5. The van der Waals surface area contributed by atoms with Crippen LogP contribution in [-0.2, 0) is 6.61 Å². The standard InChI is InChI=1S/C14H14ClNO4/c1-18-10-4-11(19-2)6-12(5-10)20-14-13(15)3-9(8-17)7-16-14/h3-7,17H,8H2,1-2H3. The number of hydrogen-bond donors (Lipinski definition) is 1. The van der Waals surface area contributed by atoms with Gasteiger partial charge in [0, 0.05) is 24.4 Å². The van der Waals surface area contributed by atoms with E-state index >= 15 is 0 Å². The molecule has 0 aliphatic carbocycles. The number of hydrogen-bond acceptors (Lipinski definition) is 5. The van der Waals surface area contributed by atoms with E-state index in [2.05, 4.69) is 4.98 Å². The third-order valence-corrected chi connectivity index (χ3v) is 2.86. The van der Waals surface area contributed by atoms with E-state index in [0.717, 1.165) is 0 Å². The fourth-order valence-electron chi connectivity index (χ4n) is 1.58. The van der Waals surface area contributed by atoms with Crippen molar-refractivity contribution in [3.63, 3.8) is 0 Å². The van der Waals surface area contributed by atoms with Crippen LogP contribution < -0.4 is 14.2 Å². The van der Waals surface area contributed by atoms with E-state index in [-0.39, 0.29) is 12.5 Å². The normalized spacial score (nSPS) is 10.2. The summed E-state index contributed by atoms with van der Waals surface area (Å²) in [6, 6.07) is 6.72. The fraction of sp³-hybridized carbons (Fsp3) is 0.214. The minimum absolute atomic E-state index is 0.125. The minimum Gasteiger partial charge on any atom is -0.496 e. The van der Waals surface area contributed by atoms with Gasteiger partial charge in [0.1, 0.15) is 22.3 Å². The number of halogens is 1. The number of benzene rings is 1. The summed E-state index contributed by atoms with van der Waals surface area (Å²) < 4.78 is 15.9. The van der Waals surface area contributed by atoms with E-state index in [1.165, 1.54) is 6.20 Å². The summed E-state index contributed by atoms with van der Waals surface area (Å²) in [5.74, 6) is 1.94. The Hall–Kier alpha value is -1.98. The van der Waals surface area contributed by atoms with Crippen molar-refractivity contribution in [1.29, 1.82) is 0 Å². The second-order valence-electron chi connectivity index (χ2n) is 3.94. The number of methoxy groups -OCH3 is 2. The van der Waals surface area contributed by atoms with Crippen LogP contribution in [0.4, 0.5) is 0 Å². The molecule has 20 heavy (non-hydrogen) atoms. The number of nitrogens with zero attached hydrogens (tertiary/aromatic N) is 1. The number of aromatic nitrogens is 1. The van der Waals surface area contributed by atoms with Gasteiger partial charge in [-0.1, -0.05) is 11.6 Å². The molecule has 0 amide bonds. The first kappa shape index (κ1) is 14.4. The fourth-order valence-corrected chi connectivity index (χ4v) is 1.81. The van der Waals surface area contributed by atoms with Crippen LogP contribution in [0.3, 0.4) is 0 Å². The lowest BCUT2D eigenvalue weighted by molar-refractivity contribution is 0.281. The summed E-state index contributed by atoms with van der Waals surface area (Å²) in [5, 5.41) is 9.32. The molecule has 0 aliphatic heterocycles. The van der Waals surface area contributed by atoms with Crippen LogP contribution >= 0.6 is 11.6 Å². The van der Waals surface area contributed by atoms with Gasteiger partial charge in [0.15, 0.2) is 0 Å². The molecule has 2 aromatic rings. The maximum Gasteiger partial charge on any atom is 0.238 e. The van der Waals surface area contributed by atoms with Gasteiger partial charge in [-0.2, -0.15) is 0 Å². The van der Waals surface area contributed by atoms with Crippen LogP contribution in [0.15, 0.2) is 30.5 Å². The summed E-state index contributed by atoms with van der Waals surface area (Å²) in [7, 11) is 3.11. The smallest absolute Gasteiger partial charge is 0.238 e. The molecule has 1 N–H and O–H groups in total. The van der Waals surface area contributed by atoms with E-state index < -0.39 is 0 Å². The molecule has 0 aliphatic rings. The Morgan fingerprint density at radius 2 is 1.65 bits per heavy atom. The van der Waals surface area contributed by atoms with Crippen LogP contribution in [0.1, 0.15) is 5.56 Å². The zero-order chi connectivity index (χ0) is 14.5. The molecule has 0 unspecified atom stereocenters. The van der Waals surface area contributed by atoms with E-state index in [0.29, 0.717) is 27.8 Å². The van der Waals surface area contributed by atoms with Crippen molar-refractivity contribution >= 4 is 11.6 Å². The largest absolute Gasteiger partial charge is 0.496 e. The highest BCUT2D eigenvalue weighted by Crippen LogP contribution is 2.33. The Labute approximate surface area is 121 Å². The number of aliphatic hydroxyl groups excluding tert-OH is 1. The zero-order valence-electron chi connectivity index (χ0n) is 11.1. The molecule has 0 bridgehead atoms. The molecular formula is C14H14ClNO4. The Bertz CT molecular complexity index is 581. The molecule has 6 heteroatoms. The van der Waals surface area contributed by atoms with Crippen molar-refractivity contribution in [2.45, 2.75) is 6.61 Å². The monoisotopic (exact) mass is 295 g/mol. The molecule has 0 saturated carbocycles. The highest BCUT2D eigenvalue weighted by atomic mass is 35.5. The first-order chi connectivity index (χ1) is 9.66. The van der Waals surface area contributed by atoms with E-state index in [4.69, 9.17) is 30.9 Å². The molecular weight excluding hydrogens is 282 g/mol. The molecule has 0 radical (unpaired) electrons. The lowest BCUT2D eigenvalue weighted by atomic mass is 10.3. The third kappa shape index (κ3) is 3.31. The topological polar surface area (TPSA) is 60.8 Å². The predicted molar refractivity (Wildman–Crippen MR) is 74.8 cm³/mol. The summed E-state index contributed by atoms with van der Waals surface area (Å²) >= 11 is 6.04. The SMILES string of the molecule is COc1cc(OC)cc(Oc2ncc(CO)cc2Cl)c1. The van der Waals surface area contributed by atoms with Crippen molar-refractivity contribution < 1.29 is 19.3 Å². The highest BCUT2D eigenvalue weighted by Gasteiger charge is 2.09. The maximum atomic E-state index is 9.01. The summed E-state index contributed by atoms with van der Waals surface area (Å²) in [4.78, 5) is 4.06. The van der Waals surface area contributed by atoms with Crippen LogP contribution in [0, 0.1) is 0 Å². The van der Waals surface area contributed by atoms with Gasteiger partial charge in [-0.25, -0.2) is 4.98 Å². The third-order valence-electron chi connectivity index (χ3n) is 2.59. The maximum absolute atomic E-state index is 9.01. The lowest BCUT2D eigenvalue weighted by Gasteiger charge is -2.10. The van der Waals surface area contributed by atoms with Crippen molar-refractivity contribution in [2.75, 3.05) is 14.2 Å². The molecule has 0 atom stereocenters.